The molecule has 1 aromatic carbocycles. The van der Waals surface area contributed by atoms with Crippen molar-refractivity contribution in [2.75, 3.05) is 20.8 Å². The number of hydrogen-bond donors (Lipinski definition) is 1. The lowest BCUT2D eigenvalue weighted by molar-refractivity contribution is 0.171. The number of nitrogens with two attached hydrogens (primary N) is 1. The number of rotatable bonds is 4. The van der Waals surface area contributed by atoms with E-state index in [0.29, 0.717) is 29.3 Å². The van der Waals surface area contributed by atoms with Crippen LogP contribution in [0.2, 0.25) is 0 Å². The smallest absolute Gasteiger partial charge is 0.214 e. The molecule has 5 nitrogen and oxygen atoms in total. The maximum atomic E-state index is 5.84. The molecule has 0 bridgehead atoms. The molecular formula is C11H14N2O3. The van der Waals surface area contributed by atoms with Gasteiger partial charge in [0, 0.05) is 7.11 Å². The van der Waals surface area contributed by atoms with Crippen molar-refractivity contribution in [2.45, 2.75) is 6.04 Å². The molecule has 2 N–H and O–H groups in total. The summed E-state index contributed by atoms with van der Waals surface area (Å²) < 4.78 is 15.7. The second-order valence-corrected chi connectivity index (χ2v) is 3.42. The second-order valence-electron chi connectivity index (χ2n) is 3.42. The minimum Gasteiger partial charge on any atom is -0.494 e. The molecule has 0 amide bonds. The summed E-state index contributed by atoms with van der Waals surface area (Å²) in [6.07, 6.45) is 0. The van der Waals surface area contributed by atoms with E-state index in [0.717, 1.165) is 0 Å². The number of ether oxygens (including phenoxy) is 2. The highest BCUT2D eigenvalue weighted by Gasteiger charge is 2.15. The predicted octanol–water partition coefficient (Wildman–Crippen LogP) is 1.48. The van der Waals surface area contributed by atoms with Gasteiger partial charge in [-0.3, -0.25) is 0 Å². The summed E-state index contributed by atoms with van der Waals surface area (Å²) in [6.45, 7) is 0.370. The molecule has 1 aromatic heterocycles. The summed E-state index contributed by atoms with van der Waals surface area (Å²) in [5.74, 6) is 1.14. The molecule has 5 heteroatoms. The first kappa shape index (κ1) is 10.9. The molecule has 1 heterocycles. The maximum absolute atomic E-state index is 5.84. The van der Waals surface area contributed by atoms with Gasteiger partial charge in [0.05, 0.1) is 13.7 Å². The van der Waals surface area contributed by atoms with Gasteiger partial charge in [0.2, 0.25) is 5.89 Å². The first-order chi connectivity index (χ1) is 7.76. The number of nitrogens with zero attached hydrogens (tertiary/aromatic N) is 1. The Kier molecular flexibility index (Phi) is 3.07. The average molecular weight is 222 g/mol. The van der Waals surface area contributed by atoms with Gasteiger partial charge in [0.25, 0.3) is 0 Å². The Bertz CT molecular complexity index is 481. The van der Waals surface area contributed by atoms with Gasteiger partial charge in [-0.25, -0.2) is 4.98 Å². The summed E-state index contributed by atoms with van der Waals surface area (Å²) in [5.41, 5.74) is 7.19. The van der Waals surface area contributed by atoms with Crippen LogP contribution >= 0.6 is 0 Å². The van der Waals surface area contributed by atoms with Crippen LogP contribution in [0.15, 0.2) is 22.6 Å². The fraction of sp³-hybridized carbons (Fsp3) is 0.364. The van der Waals surface area contributed by atoms with Crippen LogP contribution in [0.4, 0.5) is 0 Å². The van der Waals surface area contributed by atoms with E-state index >= 15 is 0 Å². The van der Waals surface area contributed by atoms with E-state index in [4.69, 9.17) is 19.6 Å². The van der Waals surface area contributed by atoms with Crippen molar-refractivity contribution in [3.63, 3.8) is 0 Å². The molecule has 16 heavy (non-hydrogen) atoms. The number of para-hydroxylation sites is 1. The van der Waals surface area contributed by atoms with Crippen LogP contribution in [0.25, 0.3) is 11.1 Å². The van der Waals surface area contributed by atoms with Gasteiger partial charge in [-0.1, -0.05) is 6.07 Å². The van der Waals surface area contributed by atoms with E-state index < -0.39 is 0 Å². The molecular weight excluding hydrogens is 208 g/mol. The van der Waals surface area contributed by atoms with Gasteiger partial charge in [-0.2, -0.15) is 0 Å². The quantitative estimate of drug-likeness (QED) is 0.848. The normalized spacial score (nSPS) is 12.9. The Balaban J connectivity index is 2.43. The lowest BCUT2D eigenvalue weighted by Crippen LogP contribution is -2.16. The Labute approximate surface area is 93.2 Å². The van der Waals surface area contributed by atoms with Crippen molar-refractivity contribution in [3.8, 4) is 5.75 Å². The topological polar surface area (TPSA) is 70.5 Å². The SMILES string of the molecule is COCC(N)c1nc2c(OC)cccc2o1. The summed E-state index contributed by atoms with van der Waals surface area (Å²) in [6, 6.07) is 5.14. The summed E-state index contributed by atoms with van der Waals surface area (Å²) in [5, 5.41) is 0. The van der Waals surface area contributed by atoms with E-state index in [9.17, 15) is 0 Å². The third-order valence-electron chi connectivity index (χ3n) is 2.28. The van der Waals surface area contributed by atoms with Crippen molar-refractivity contribution < 1.29 is 13.9 Å². The van der Waals surface area contributed by atoms with Gasteiger partial charge >= 0.3 is 0 Å². The average Bonchev–Trinajstić information content (AvgIpc) is 2.72. The van der Waals surface area contributed by atoms with Crippen LogP contribution in [0.3, 0.4) is 0 Å². The number of hydrogen-bond acceptors (Lipinski definition) is 5. The molecule has 0 aliphatic heterocycles. The zero-order valence-corrected chi connectivity index (χ0v) is 9.27. The molecule has 0 saturated carbocycles. The van der Waals surface area contributed by atoms with Crippen molar-refractivity contribution >= 4 is 11.1 Å². The van der Waals surface area contributed by atoms with Crippen molar-refractivity contribution in [1.82, 2.24) is 4.98 Å². The molecule has 0 aliphatic rings. The van der Waals surface area contributed by atoms with E-state index in [2.05, 4.69) is 4.98 Å². The lowest BCUT2D eigenvalue weighted by Gasteiger charge is -2.03. The van der Waals surface area contributed by atoms with Crippen molar-refractivity contribution in [3.05, 3.63) is 24.1 Å². The molecule has 86 valence electrons. The van der Waals surface area contributed by atoms with Gasteiger partial charge in [-0.15, -0.1) is 0 Å². The second kappa shape index (κ2) is 4.51. The minimum atomic E-state index is -0.359. The zero-order valence-electron chi connectivity index (χ0n) is 9.27. The summed E-state index contributed by atoms with van der Waals surface area (Å²) >= 11 is 0. The minimum absolute atomic E-state index is 0.359. The molecule has 0 fully saturated rings. The molecule has 1 unspecified atom stereocenters. The summed E-state index contributed by atoms with van der Waals surface area (Å²) in [4.78, 5) is 4.31. The standard InChI is InChI=1S/C11H14N2O3/c1-14-6-7(12)11-13-10-8(15-2)4-3-5-9(10)16-11/h3-5,7H,6,12H2,1-2H3. The highest BCUT2D eigenvalue weighted by atomic mass is 16.5. The third kappa shape index (κ3) is 1.87. The fourth-order valence-corrected chi connectivity index (χ4v) is 1.51. The Hall–Kier alpha value is -1.59. The molecule has 0 saturated heterocycles. The predicted molar refractivity (Wildman–Crippen MR) is 59.4 cm³/mol. The monoisotopic (exact) mass is 222 g/mol. The first-order valence-corrected chi connectivity index (χ1v) is 4.94. The fourth-order valence-electron chi connectivity index (χ4n) is 1.51. The molecule has 0 spiro atoms. The van der Waals surface area contributed by atoms with Gasteiger partial charge in [0.15, 0.2) is 11.1 Å². The molecule has 0 aliphatic carbocycles. The van der Waals surface area contributed by atoms with Crippen molar-refractivity contribution in [1.29, 1.82) is 0 Å². The molecule has 2 rings (SSSR count). The number of benzene rings is 1. The Morgan fingerprint density at radius 1 is 1.44 bits per heavy atom. The molecule has 2 aromatic rings. The number of fused-ring (bicyclic) bond motifs is 1. The molecule has 0 radical (unpaired) electrons. The Morgan fingerprint density at radius 3 is 2.94 bits per heavy atom. The van der Waals surface area contributed by atoms with Crippen molar-refractivity contribution in [2.24, 2.45) is 5.73 Å². The van der Waals surface area contributed by atoms with Crippen LogP contribution in [-0.2, 0) is 4.74 Å². The number of methoxy groups -OCH3 is 2. The van der Waals surface area contributed by atoms with Gasteiger partial charge in [0.1, 0.15) is 11.8 Å². The lowest BCUT2D eigenvalue weighted by atomic mass is 10.3. The van der Waals surface area contributed by atoms with Gasteiger partial charge < -0.3 is 19.6 Å². The van der Waals surface area contributed by atoms with Crippen LogP contribution < -0.4 is 10.5 Å². The number of oxazole rings is 1. The van der Waals surface area contributed by atoms with Crippen LogP contribution in [-0.4, -0.2) is 25.8 Å². The van der Waals surface area contributed by atoms with E-state index in [1.807, 2.05) is 18.2 Å². The largest absolute Gasteiger partial charge is 0.494 e. The summed E-state index contributed by atoms with van der Waals surface area (Å²) in [7, 11) is 3.18. The Morgan fingerprint density at radius 2 is 2.25 bits per heavy atom. The van der Waals surface area contributed by atoms with E-state index in [1.165, 1.54) is 0 Å². The van der Waals surface area contributed by atoms with Crippen LogP contribution in [0.5, 0.6) is 5.75 Å². The van der Waals surface area contributed by atoms with E-state index in [1.54, 1.807) is 14.2 Å². The number of aromatic nitrogens is 1. The van der Waals surface area contributed by atoms with Crippen LogP contribution in [0, 0.1) is 0 Å². The third-order valence-corrected chi connectivity index (χ3v) is 2.28. The van der Waals surface area contributed by atoms with Crippen LogP contribution in [0.1, 0.15) is 11.9 Å². The molecule has 1 atom stereocenters. The van der Waals surface area contributed by atoms with Gasteiger partial charge in [-0.05, 0) is 12.1 Å². The highest BCUT2D eigenvalue weighted by Crippen LogP contribution is 2.26. The first-order valence-electron chi connectivity index (χ1n) is 4.94. The zero-order chi connectivity index (χ0) is 11.5. The highest BCUT2D eigenvalue weighted by molar-refractivity contribution is 5.79. The van der Waals surface area contributed by atoms with E-state index in [-0.39, 0.29) is 6.04 Å². The maximum Gasteiger partial charge on any atom is 0.214 e.